The van der Waals surface area contributed by atoms with Crippen molar-refractivity contribution in [1.82, 2.24) is 10.2 Å². The zero-order valence-corrected chi connectivity index (χ0v) is 16.6. The molecule has 0 bridgehead atoms. The first kappa shape index (κ1) is 19.3. The number of hydrogen-bond donors (Lipinski definition) is 1. The van der Waals surface area contributed by atoms with E-state index in [1.165, 1.54) is 11.1 Å². The molecule has 1 aromatic heterocycles. The number of carbonyl (C=O) groups is 1. The van der Waals surface area contributed by atoms with Crippen molar-refractivity contribution in [2.45, 2.75) is 38.5 Å². The van der Waals surface area contributed by atoms with Crippen molar-refractivity contribution in [1.29, 1.82) is 0 Å². The van der Waals surface area contributed by atoms with Crippen molar-refractivity contribution >= 4 is 5.91 Å². The average Bonchev–Trinajstić information content (AvgIpc) is 3.43. The summed E-state index contributed by atoms with van der Waals surface area (Å²) in [6.45, 7) is 2.18. The van der Waals surface area contributed by atoms with E-state index in [4.69, 9.17) is 9.15 Å². The normalized spacial score (nSPS) is 13.4. The molecule has 0 saturated heterocycles. The third kappa shape index (κ3) is 5.48. The summed E-state index contributed by atoms with van der Waals surface area (Å²) in [4.78, 5) is 14.5. The van der Waals surface area contributed by atoms with Crippen molar-refractivity contribution in [3.05, 3.63) is 89.4 Å². The van der Waals surface area contributed by atoms with Crippen LogP contribution in [-0.4, -0.2) is 24.0 Å². The van der Waals surface area contributed by atoms with Gasteiger partial charge in [0.05, 0.1) is 13.7 Å². The predicted molar refractivity (Wildman–Crippen MR) is 112 cm³/mol. The minimum Gasteiger partial charge on any atom is -0.497 e. The van der Waals surface area contributed by atoms with Gasteiger partial charge in [0.1, 0.15) is 11.5 Å². The van der Waals surface area contributed by atoms with E-state index in [-0.39, 0.29) is 5.91 Å². The maximum Gasteiger partial charge on any atom is 0.287 e. The summed E-state index contributed by atoms with van der Waals surface area (Å²) >= 11 is 0. The van der Waals surface area contributed by atoms with E-state index in [2.05, 4.69) is 34.5 Å². The van der Waals surface area contributed by atoms with E-state index in [1.54, 1.807) is 13.2 Å². The summed E-state index contributed by atoms with van der Waals surface area (Å²) in [5, 5.41) is 2.97. The smallest absolute Gasteiger partial charge is 0.287 e. The molecule has 1 saturated carbocycles. The predicted octanol–water partition coefficient (Wildman–Crippen LogP) is 4.38. The van der Waals surface area contributed by atoms with Crippen LogP contribution in [0.5, 0.6) is 5.75 Å². The van der Waals surface area contributed by atoms with Gasteiger partial charge in [-0.3, -0.25) is 9.69 Å². The lowest BCUT2D eigenvalue weighted by molar-refractivity contribution is 0.0918. The fraction of sp³-hybridized carbons (Fsp3) is 0.292. The molecule has 4 rings (SSSR count). The Kier molecular flexibility index (Phi) is 5.96. The van der Waals surface area contributed by atoms with Crippen molar-refractivity contribution in [3.8, 4) is 5.75 Å². The molecule has 150 valence electrons. The molecule has 5 heteroatoms. The molecule has 1 fully saturated rings. The lowest BCUT2D eigenvalue weighted by Crippen LogP contribution is -2.25. The van der Waals surface area contributed by atoms with Gasteiger partial charge in [-0.15, -0.1) is 0 Å². The zero-order valence-electron chi connectivity index (χ0n) is 16.6. The molecule has 0 atom stereocenters. The summed E-state index contributed by atoms with van der Waals surface area (Å²) < 4.78 is 11.1. The van der Waals surface area contributed by atoms with Gasteiger partial charge >= 0.3 is 0 Å². The van der Waals surface area contributed by atoms with Crippen LogP contribution in [0.2, 0.25) is 0 Å². The van der Waals surface area contributed by atoms with Crippen LogP contribution < -0.4 is 10.1 Å². The number of rotatable bonds is 9. The van der Waals surface area contributed by atoms with Gasteiger partial charge in [0, 0.05) is 19.1 Å². The van der Waals surface area contributed by atoms with Gasteiger partial charge < -0.3 is 14.5 Å². The molecule has 5 nitrogen and oxygen atoms in total. The first-order valence-electron chi connectivity index (χ1n) is 9.98. The van der Waals surface area contributed by atoms with Crippen LogP contribution >= 0.6 is 0 Å². The Morgan fingerprint density at radius 1 is 0.966 bits per heavy atom. The summed E-state index contributed by atoms with van der Waals surface area (Å²) in [5.74, 6) is 1.90. The number of benzene rings is 2. The highest BCUT2D eigenvalue weighted by Crippen LogP contribution is 2.21. The topological polar surface area (TPSA) is 54.7 Å². The molecule has 1 aliphatic rings. The third-order valence-corrected chi connectivity index (χ3v) is 4.99. The van der Waals surface area contributed by atoms with Gasteiger partial charge in [-0.2, -0.15) is 0 Å². The molecule has 3 aromatic rings. The highest BCUT2D eigenvalue weighted by molar-refractivity contribution is 5.91. The van der Waals surface area contributed by atoms with Crippen LogP contribution in [0.4, 0.5) is 0 Å². The SMILES string of the molecule is COc1ccc(CN(Cc2ccccc2)Cc2ccc(C(=O)NC3CC3)o2)cc1. The van der Waals surface area contributed by atoms with Crippen molar-refractivity contribution in [2.24, 2.45) is 0 Å². The fourth-order valence-electron chi connectivity index (χ4n) is 3.29. The molecule has 0 spiro atoms. The Labute approximate surface area is 171 Å². The molecular formula is C24H26N2O3. The van der Waals surface area contributed by atoms with E-state index in [1.807, 2.05) is 36.4 Å². The molecule has 1 amide bonds. The Morgan fingerprint density at radius 2 is 1.66 bits per heavy atom. The lowest BCUT2D eigenvalue weighted by Gasteiger charge is -2.21. The Morgan fingerprint density at radius 3 is 2.31 bits per heavy atom. The molecular weight excluding hydrogens is 364 g/mol. The second-order valence-corrected chi connectivity index (χ2v) is 7.49. The van der Waals surface area contributed by atoms with Crippen molar-refractivity contribution in [2.75, 3.05) is 7.11 Å². The number of amides is 1. The molecule has 1 heterocycles. The van der Waals surface area contributed by atoms with Crippen molar-refractivity contribution < 1.29 is 13.9 Å². The van der Waals surface area contributed by atoms with E-state index >= 15 is 0 Å². The second kappa shape index (κ2) is 8.97. The standard InChI is InChI=1S/C24H26N2O3/c1-28-21-11-7-19(8-12-21)16-26(15-18-5-3-2-4-6-18)17-22-13-14-23(29-22)24(27)25-20-9-10-20/h2-8,11-14,20H,9-10,15-17H2,1H3,(H,25,27). The number of carbonyl (C=O) groups excluding carboxylic acids is 1. The highest BCUT2D eigenvalue weighted by atomic mass is 16.5. The van der Waals surface area contributed by atoms with E-state index in [0.717, 1.165) is 37.4 Å². The number of nitrogens with one attached hydrogen (secondary N) is 1. The molecule has 0 unspecified atom stereocenters. The Hall–Kier alpha value is -3.05. The number of nitrogens with zero attached hydrogens (tertiary/aromatic N) is 1. The fourth-order valence-corrected chi connectivity index (χ4v) is 3.29. The van der Waals surface area contributed by atoms with Gasteiger partial charge in [0.15, 0.2) is 5.76 Å². The highest BCUT2D eigenvalue weighted by Gasteiger charge is 2.25. The van der Waals surface area contributed by atoms with Gasteiger partial charge in [-0.1, -0.05) is 42.5 Å². The van der Waals surface area contributed by atoms with Gasteiger partial charge in [0.2, 0.25) is 0 Å². The Balaban J connectivity index is 1.46. The number of hydrogen-bond acceptors (Lipinski definition) is 4. The van der Waals surface area contributed by atoms with E-state index in [9.17, 15) is 4.79 Å². The van der Waals surface area contributed by atoms with Gasteiger partial charge in [-0.05, 0) is 48.2 Å². The second-order valence-electron chi connectivity index (χ2n) is 7.49. The zero-order chi connectivity index (χ0) is 20.1. The van der Waals surface area contributed by atoms with E-state index < -0.39 is 0 Å². The first-order valence-corrected chi connectivity index (χ1v) is 9.98. The van der Waals surface area contributed by atoms with Crippen LogP contribution in [0.1, 0.15) is 40.3 Å². The maximum atomic E-state index is 12.2. The summed E-state index contributed by atoms with van der Waals surface area (Å²) in [6.07, 6.45) is 2.12. The van der Waals surface area contributed by atoms with Gasteiger partial charge in [0.25, 0.3) is 5.91 Å². The third-order valence-electron chi connectivity index (χ3n) is 4.99. The average molecular weight is 390 g/mol. The molecule has 1 N–H and O–H groups in total. The summed E-state index contributed by atoms with van der Waals surface area (Å²) in [6, 6.07) is 22.5. The van der Waals surface area contributed by atoms with E-state index in [0.29, 0.717) is 18.3 Å². The lowest BCUT2D eigenvalue weighted by atomic mass is 10.1. The molecule has 0 aliphatic heterocycles. The van der Waals surface area contributed by atoms with Gasteiger partial charge in [-0.25, -0.2) is 0 Å². The van der Waals surface area contributed by atoms with Crippen LogP contribution in [0.25, 0.3) is 0 Å². The maximum absolute atomic E-state index is 12.2. The monoisotopic (exact) mass is 390 g/mol. The van der Waals surface area contributed by atoms with Crippen LogP contribution in [-0.2, 0) is 19.6 Å². The van der Waals surface area contributed by atoms with Crippen molar-refractivity contribution in [3.63, 3.8) is 0 Å². The first-order chi connectivity index (χ1) is 14.2. The minimum atomic E-state index is -0.122. The summed E-state index contributed by atoms with van der Waals surface area (Å²) in [7, 11) is 1.67. The van der Waals surface area contributed by atoms with Crippen LogP contribution in [0.3, 0.4) is 0 Å². The van der Waals surface area contributed by atoms with Crippen LogP contribution in [0.15, 0.2) is 71.1 Å². The molecule has 1 aliphatic carbocycles. The molecule has 29 heavy (non-hydrogen) atoms. The molecule has 2 aromatic carbocycles. The number of furan rings is 1. The minimum absolute atomic E-state index is 0.122. The number of ether oxygens (including phenoxy) is 1. The van der Waals surface area contributed by atoms with Crippen LogP contribution in [0, 0.1) is 0 Å². The quantitative estimate of drug-likeness (QED) is 0.589. The largest absolute Gasteiger partial charge is 0.497 e. The molecule has 0 radical (unpaired) electrons. The number of methoxy groups -OCH3 is 1. The Bertz CT molecular complexity index is 930. The summed E-state index contributed by atoms with van der Waals surface area (Å²) in [5.41, 5.74) is 2.43.